The predicted molar refractivity (Wildman–Crippen MR) is 124 cm³/mol. The van der Waals surface area contributed by atoms with Gasteiger partial charge in [0.2, 0.25) is 0 Å². The molecular formula is C24H22ClN3O2S. The van der Waals surface area contributed by atoms with Gasteiger partial charge in [0, 0.05) is 16.5 Å². The maximum absolute atomic E-state index is 5.96. The van der Waals surface area contributed by atoms with E-state index in [9.17, 15) is 0 Å². The van der Waals surface area contributed by atoms with Gasteiger partial charge in [-0.15, -0.1) is 10.2 Å². The minimum absolute atomic E-state index is 0.283. The van der Waals surface area contributed by atoms with Gasteiger partial charge in [0.05, 0.1) is 7.11 Å². The van der Waals surface area contributed by atoms with Crippen LogP contribution in [-0.4, -0.2) is 21.9 Å². The molecule has 7 heteroatoms. The van der Waals surface area contributed by atoms with Crippen LogP contribution in [0.3, 0.4) is 0 Å². The molecule has 0 spiro atoms. The molecule has 0 amide bonds. The number of halogens is 1. The normalized spacial score (nSPS) is 10.8. The summed E-state index contributed by atoms with van der Waals surface area (Å²) in [7, 11) is 1.66. The van der Waals surface area contributed by atoms with Gasteiger partial charge in [0.15, 0.2) is 11.0 Å². The molecule has 1 heterocycles. The van der Waals surface area contributed by atoms with Crippen LogP contribution in [-0.2, 0) is 12.4 Å². The Balaban J connectivity index is 1.60. The van der Waals surface area contributed by atoms with E-state index in [-0.39, 0.29) is 6.61 Å². The van der Waals surface area contributed by atoms with E-state index < -0.39 is 0 Å². The van der Waals surface area contributed by atoms with E-state index in [1.54, 1.807) is 31.0 Å². The molecular weight excluding hydrogens is 430 g/mol. The molecule has 0 aliphatic heterocycles. The number of aryl methyl sites for hydroxylation is 1. The second kappa shape index (κ2) is 9.90. The van der Waals surface area contributed by atoms with Crippen LogP contribution in [0.25, 0.3) is 5.69 Å². The van der Waals surface area contributed by atoms with Crippen molar-refractivity contribution in [3.05, 3.63) is 94.8 Å². The molecule has 0 N–H and O–H groups in total. The van der Waals surface area contributed by atoms with Crippen molar-refractivity contribution in [3.63, 3.8) is 0 Å². The number of methoxy groups -OCH3 is 1. The topological polar surface area (TPSA) is 49.2 Å². The Labute approximate surface area is 191 Å². The Morgan fingerprint density at radius 1 is 0.903 bits per heavy atom. The summed E-state index contributed by atoms with van der Waals surface area (Å²) in [6, 6.07) is 23.5. The fraction of sp³-hybridized carbons (Fsp3) is 0.167. The summed E-state index contributed by atoms with van der Waals surface area (Å²) in [6.45, 7) is 2.40. The number of rotatable bonds is 8. The zero-order chi connectivity index (χ0) is 21.6. The molecule has 158 valence electrons. The molecule has 4 rings (SSSR count). The standard InChI is InChI=1S/C24H22ClN3O2S/c1-17-5-3-4-6-18(17)16-31-24-27-26-23(15-30-22-11-7-19(25)8-12-22)28(24)20-9-13-21(29-2)14-10-20/h3-14H,15-16H2,1-2H3. The number of nitrogens with zero attached hydrogens (tertiary/aromatic N) is 3. The van der Waals surface area contributed by atoms with E-state index >= 15 is 0 Å². The zero-order valence-corrected chi connectivity index (χ0v) is 18.9. The third kappa shape index (κ3) is 5.21. The number of hydrogen-bond acceptors (Lipinski definition) is 5. The van der Waals surface area contributed by atoms with Crippen LogP contribution in [0, 0.1) is 6.92 Å². The van der Waals surface area contributed by atoms with Crippen LogP contribution in [0.2, 0.25) is 5.02 Å². The van der Waals surface area contributed by atoms with E-state index in [0.29, 0.717) is 10.8 Å². The smallest absolute Gasteiger partial charge is 0.196 e. The Bertz CT molecular complexity index is 1140. The minimum atomic E-state index is 0.283. The number of ether oxygens (including phenoxy) is 2. The second-order valence-electron chi connectivity index (χ2n) is 6.89. The summed E-state index contributed by atoms with van der Waals surface area (Å²) in [5, 5.41) is 10.3. The molecule has 0 bridgehead atoms. The molecule has 4 aromatic rings. The summed E-state index contributed by atoms with van der Waals surface area (Å²) in [5.74, 6) is 3.04. The third-order valence-electron chi connectivity index (χ3n) is 4.83. The molecule has 3 aromatic carbocycles. The molecule has 5 nitrogen and oxygen atoms in total. The lowest BCUT2D eigenvalue weighted by molar-refractivity contribution is 0.293. The van der Waals surface area contributed by atoms with Gasteiger partial charge in [0.1, 0.15) is 18.1 Å². The maximum Gasteiger partial charge on any atom is 0.196 e. The van der Waals surface area contributed by atoms with Gasteiger partial charge in [-0.25, -0.2) is 0 Å². The molecule has 0 radical (unpaired) electrons. The molecule has 0 saturated heterocycles. The van der Waals surface area contributed by atoms with Crippen molar-refractivity contribution in [2.75, 3.05) is 7.11 Å². The summed E-state index contributed by atoms with van der Waals surface area (Å²) in [6.07, 6.45) is 0. The molecule has 0 aliphatic rings. The summed E-state index contributed by atoms with van der Waals surface area (Å²) >= 11 is 7.61. The van der Waals surface area contributed by atoms with Crippen LogP contribution in [0.15, 0.2) is 78.0 Å². The lowest BCUT2D eigenvalue weighted by Crippen LogP contribution is -2.06. The molecule has 31 heavy (non-hydrogen) atoms. The fourth-order valence-electron chi connectivity index (χ4n) is 3.07. The van der Waals surface area contributed by atoms with Crippen LogP contribution in [0.1, 0.15) is 17.0 Å². The van der Waals surface area contributed by atoms with Gasteiger partial charge in [-0.1, -0.05) is 47.6 Å². The lowest BCUT2D eigenvalue weighted by Gasteiger charge is -2.12. The molecule has 0 atom stereocenters. The summed E-state index contributed by atoms with van der Waals surface area (Å²) < 4.78 is 13.3. The Kier molecular flexibility index (Phi) is 6.79. The molecule has 0 saturated carbocycles. The Hall–Kier alpha value is -2.96. The summed E-state index contributed by atoms with van der Waals surface area (Å²) in [4.78, 5) is 0. The van der Waals surface area contributed by atoms with Crippen LogP contribution >= 0.6 is 23.4 Å². The van der Waals surface area contributed by atoms with Gasteiger partial charge >= 0.3 is 0 Å². The lowest BCUT2D eigenvalue weighted by atomic mass is 10.1. The molecule has 0 fully saturated rings. The van der Waals surface area contributed by atoms with Crippen molar-refractivity contribution in [3.8, 4) is 17.2 Å². The Morgan fingerprint density at radius 2 is 1.61 bits per heavy atom. The first-order valence-corrected chi connectivity index (χ1v) is 11.1. The predicted octanol–water partition coefficient (Wildman–Crippen LogP) is 6.11. The van der Waals surface area contributed by atoms with Crippen LogP contribution < -0.4 is 9.47 Å². The van der Waals surface area contributed by atoms with Crippen LogP contribution in [0.4, 0.5) is 0 Å². The van der Waals surface area contributed by atoms with Gasteiger partial charge in [-0.3, -0.25) is 4.57 Å². The Morgan fingerprint density at radius 3 is 2.32 bits per heavy atom. The highest BCUT2D eigenvalue weighted by Crippen LogP contribution is 2.28. The van der Waals surface area contributed by atoms with Crippen LogP contribution in [0.5, 0.6) is 11.5 Å². The average molecular weight is 452 g/mol. The first kappa shape index (κ1) is 21.3. The minimum Gasteiger partial charge on any atom is -0.497 e. The SMILES string of the molecule is COc1ccc(-n2c(COc3ccc(Cl)cc3)nnc2SCc2ccccc2C)cc1. The molecule has 1 aromatic heterocycles. The highest BCUT2D eigenvalue weighted by atomic mass is 35.5. The van der Waals surface area contributed by atoms with Crippen molar-refractivity contribution in [1.82, 2.24) is 14.8 Å². The fourth-order valence-corrected chi connectivity index (χ4v) is 4.24. The number of thioether (sulfide) groups is 1. The van der Waals surface area contributed by atoms with E-state index in [1.165, 1.54) is 11.1 Å². The van der Waals surface area contributed by atoms with E-state index in [0.717, 1.165) is 28.1 Å². The van der Waals surface area contributed by atoms with Crippen molar-refractivity contribution in [2.45, 2.75) is 24.4 Å². The van der Waals surface area contributed by atoms with Gasteiger partial charge in [-0.2, -0.15) is 0 Å². The van der Waals surface area contributed by atoms with Crippen molar-refractivity contribution in [1.29, 1.82) is 0 Å². The molecule has 0 aliphatic carbocycles. The zero-order valence-electron chi connectivity index (χ0n) is 17.3. The van der Waals surface area contributed by atoms with Crippen molar-refractivity contribution in [2.24, 2.45) is 0 Å². The molecule has 0 unspecified atom stereocenters. The first-order chi connectivity index (χ1) is 15.1. The first-order valence-electron chi connectivity index (χ1n) is 9.78. The number of benzene rings is 3. The van der Waals surface area contributed by atoms with E-state index in [4.69, 9.17) is 21.1 Å². The van der Waals surface area contributed by atoms with Gasteiger partial charge in [-0.05, 0) is 66.6 Å². The third-order valence-corrected chi connectivity index (χ3v) is 6.06. The van der Waals surface area contributed by atoms with Gasteiger partial charge in [0.25, 0.3) is 0 Å². The maximum atomic E-state index is 5.96. The van der Waals surface area contributed by atoms with Crippen molar-refractivity contribution < 1.29 is 9.47 Å². The average Bonchev–Trinajstić information content (AvgIpc) is 3.21. The second-order valence-corrected chi connectivity index (χ2v) is 8.27. The van der Waals surface area contributed by atoms with Gasteiger partial charge < -0.3 is 9.47 Å². The van der Waals surface area contributed by atoms with E-state index in [1.807, 2.05) is 41.0 Å². The largest absolute Gasteiger partial charge is 0.497 e. The highest BCUT2D eigenvalue weighted by molar-refractivity contribution is 7.98. The highest BCUT2D eigenvalue weighted by Gasteiger charge is 2.16. The quantitative estimate of drug-likeness (QED) is 0.302. The van der Waals surface area contributed by atoms with E-state index in [2.05, 4.69) is 41.4 Å². The number of hydrogen-bond donors (Lipinski definition) is 0. The number of aromatic nitrogens is 3. The summed E-state index contributed by atoms with van der Waals surface area (Å²) in [5.41, 5.74) is 3.49. The van der Waals surface area contributed by atoms with Crippen molar-refractivity contribution >= 4 is 23.4 Å². The monoisotopic (exact) mass is 451 g/mol.